The van der Waals surface area contributed by atoms with Gasteiger partial charge in [0.1, 0.15) is 0 Å². The number of carbonyl (C=O) groups is 3. The Hall–Kier alpha value is -2.13. The number of hydrogen-bond donors (Lipinski definition) is 0. The molecule has 0 atom stereocenters. The highest BCUT2D eigenvalue weighted by Gasteiger charge is 2.50. The Balaban J connectivity index is 1.82. The minimum absolute atomic E-state index is 0.0144. The number of benzene rings is 1. The van der Waals surface area contributed by atoms with E-state index in [9.17, 15) is 22.8 Å². The molecule has 2 amide bonds. The first-order valence-corrected chi connectivity index (χ1v) is 11.8. The lowest BCUT2D eigenvalue weighted by Crippen LogP contribution is -2.40. The van der Waals surface area contributed by atoms with Crippen molar-refractivity contribution < 1.29 is 27.5 Å². The highest BCUT2D eigenvalue weighted by molar-refractivity contribution is 7.94. The monoisotopic (exact) mass is 456 g/mol. The number of ether oxygens (including phenoxy) is 1. The molecule has 0 aliphatic carbocycles. The number of piperidine rings is 1. The van der Waals surface area contributed by atoms with Crippen molar-refractivity contribution in [3.8, 4) is 0 Å². The SMILES string of the molecule is CCOC(=O)C1CCN(C(=O)c2ccc(Cl)c(N3C(=O)C(C)(C)CS3(=O)=O)c2)CC1. The maximum absolute atomic E-state index is 13.0. The van der Waals surface area contributed by atoms with Gasteiger partial charge < -0.3 is 9.64 Å². The van der Waals surface area contributed by atoms with E-state index < -0.39 is 21.3 Å². The summed E-state index contributed by atoms with van der Waals surface area (Å²) < 4.78 is 30.9. The minimum Gasteiger partial charge on any atom is -0.466 e. The Kier molecular flexibility index (Phi) is 6.15. The molecule has 2 saturated heterocycles. The fourth-order valence-corrected chi connectivity index (χ4v) is 6.17. The summed E-state index contributed by atoms with van der Waals surface area (Å²) in [6, 6.07) is 4.27. The number of carbonyl (C=O) groups excluding carboxylic acids is 3. The molecule has 1 aromatic carbocycles. The van der Waals surface area contributed by atoms with Crippen LogP contribution in [0, 0.1) is 11.3 Å². The first-order valence-electron chi connectivity index (χ1n) is 9.81. The Morgan fingerprint density at radius 2 is 1.87 bits per heavy atom. The van der Waals surface area contributed by atoms with Crippen LogP contribution in [0.4, 0.5) is 5.69 Å². The summed E-state index contributed by atoms with van der Waals surface area (Å²) in [6.45, 7) is 5.96. The topological polar surface area (TPSA) is 101 Å². The van der Waals surface area contributed by atoms with Crippen molar-refractivity contribution in [2.45, 2.75) is 33.6 Å². The molecule has 3 rings (SSSR count). The van der Waals surface area contributed by atoms with Crippen LogP contribution in [0.1, 0.15) is 44.0 Å². The van der Waals surface area contributed by atoms with Gasteiger partial charge >= 0.3 is 5.97 Å². The molecular weight excluding hydrogens is 432 g/mol. The lowest BCUT2D eigenvalue weighted by molar-refractivity contribution is -0.149. The molecule has 0 unspecified atom stereocenters. The van der Waals surface area contributed by atoms with Crippen LogP contribution < -0.4 is 4.31 Å². The zero-order chi connectivity index (χ0) is 22.3. The lowest BCUT2D eigenvalue weighted by atomic mass is 9.95. The van der Waals surface area contributed by atoms with Gasteiger partial charge in [-0.2, -0.15) is 0 Å². The normalized spacial score (nSPS) is 21.0. The van der Waals surface area contributed by atoms with E-state index in [2.05, 4.69) is 0 Å². The van der Waals surface area contributed by atoms with Crippen molar-refractivity contribution in [1.82, 2.24) is 4.90 Å². The Morgan fingerprint density at radius 3 is 2.40 bits per heavy atom. The number of rotatable bonds is 4. The molecular formula is C20H25ClN2O6S. The summed E-state index contributed by atoms with van der Waals surface area (Å²) in [7, 11) is -3.89. The zero-order valence-electron chi connectivity index (χ0n) is 17.2. The van der Waals surface area contributed by atoms with Gasteiger partial charge in [0.2, 0.25) is 15.9 Å². The summed E-state index contributed by atoms with van der Waals surface area (Å²) in [5.41, 5.74) is -0.854. The van der Waals surface area contributed by atoms with E-state index in [4.69, 9.17) is 16.3 Å². The summed E-state index contributed by atoms with van der Waals surface area (Å²) in [6.07, 6.45) is 0.996. The fourth-order valence-electron chi connectivity index (χ4n) is 3.81. The quantitative estimate of drug-likeness (QED) is 0.645. The standard InChI is InChI=1S/C20H25ClN2O6S/c1-4-29-18(25)13-7-9-22(10-8-13)17(24)14-5-6-15(21)16(11-14)23-19(26)20(2,3)12-30(23,27)28/h5-6,11,13H,4,7-10,12H2,1-3H3. The number of anilines is 1. The van der Waals surface area contributed by atoms with Gasteiger partial charge in [-0.3, -0.25) is 14.4 Å². The van der Waals surface area contributed by atoms with Crippen LogP contribution in [0.3, 0.4) is 0 Å². The van der Waals surface area contributed by atoms with Crippen molar-refractivity contribution in [2.75, 3.05) is 29.8 Å². The van der Waals surface area contributed by atoms with Crippen LogP contribution >= 0.6 is 11.6 Å². The molecule has 2 heterocycles. The van der Waals surface area contributed by atoms with Gasteiger partial charge in [-0.25, -0.2) is 12.7 Å². The number of likely N-dealkylation sites (tertiary alicyclic amines) is 1. The van der Waals surface area contributed by atoms with E-state index in [-0.39, 0.29) is 39.8 Å². The smallest absolute Gasteiger partial charge is 0.309 e. The maximum Gasteiger partial charge on any atom is 0.309 e. The van der Waals surface area contributed by atoms with Gasteiger partial charge in [0.25, 0.3) is 5.91 Å². The summed E-state index contributed by atoms with van der Waals surface area (Å²) in [5.74, 6) is -1.69. The van der Waals surface area contributed by atoms with Crippen LogP contribution in [-0.2, 0) is 24.3 Å². The van der Waals surface area contributed by atoms with E-state index >= 15 is 0 Å². The van der Waals surface area contributed by atoms with Crippen molar-refractivity contribution in [2.24, 2.45) is 11.3 Å². The molecule has 0 radical (unpaired) electrons. The molecule has 0 bridgehead atoms. The molecule has 2 aliphatic rings. The van der Waals surface area contributed by atoms with Crippen molar-refractivity contribution >= 4 is 45.1 Å². The predicted octanol–water partition coefficient (Wildman–Crippen LogP) is 2.46. The van der Waals surface area contributed by atoms with E-state index in [1.165, 1.54) is 18.2 Å². The highest BCUT2D eigenvalue weighted by atomic mass is 35.5. The Bertz CT molecular complexity index is 983. The number of amides is 2. The Labute approximate surface area is 181 Å². The van der Waals surface area contributed by atoms with Gasteiger partial charge in [0.05, 0.1) is 34.4 Å². The third-order valence-electron chi connectivity index (χ3n) is 5.40. The zero-order valence-corrected chi connectivity index (χ0v) is 18.8. The third-order valence-corrected chi connectivity index (χ3v) is 7.72. The van der Waals surface area contributed by atoms with E-state index in [0.29, 0.717) is 36.8 Å². The van der Waals surface area contributed by atoms with Crippen molar-refractivity contribution in [3.63, 3.8) is 0 Å². The molecule has 2 fully saturated rings. The second kappa shape index (κ2) is 8.19. The summed E-state index contributed by atoms with van der Waals surface area (Å²) in [5, 5.41) is 0.0715. The van der Waals surface area contributed by atoms with Gasteiger partial charge in [-0.05, 0) is 51.8 Å². The predicted molar refractivity (Wildman–Crippen MR) is 112 cm³/mol. The first kappa shape index (κ1) is 22.6. The van der Waals surface area contributed by atoms with Crippen LogP contribution in [0.5, 0.6) is 0 Å². The molecule has 30 heavy (non-hydrogen) atoms. The Morgan fingerprint density at radius 1 is 1.23 bits per heavy atom. The molecule has 0 N–H and O–H groups in total. The maximum atomic E-state index is 13.0. The fraction of sp³-hybridized carbons (Fsp3) is 0.550. The number of esters is 1. The van der Waals surface area contributed by atoms with Gasteiger partial charge in [-0.1, -0.05) is 11.6 Å². The second-order valence-corrected chi connectivity index (χ2v) is 10.4. The van der Waals surface area contributed by atoms with E-state index in [1.807, 2.05) is 0 Å². The molecule has 2 aliphatic heterocycles. The summed E-state index contributed by atoms with van der Waals surface area (Å²) in [4.78, 5) is 39.1. The number of hydrogen-bond acceptors (Lipinski definition) is 6. The molecule has 10 heteroatoms. The first-order chi connectivity index (χ1) is 14.0. The summed E-state index contributed by atoms with van der Waals surface area (Å²) >= 11 is 6.20. The molecule has 1 aromatic rings. The number of halogens is 1. The van der Waals surface area contributed by atoms with Crippen molar-refractivity contribution in [3.05, 3.63) is 28.8 Å². The molecule has 0 spiro atoms. The van der Waals surface area contributed by atoms with Crippen LogP contribution in [0.2, 0.25) is 5.02 Å². The largest absolute Gasteiger partial charge is 0.466 e. The average molecular weight is 457 g/mol. The van der Waals surface area contributed by atoms with E-state index in [1.54, 1.807) is 25.7 Å². The van der Waals surface area contributed by atoms with Crippen molar-refractivity contribution in [1.29, 1.82) is 0 Å². The van der Waals surface area contributed by atoms with Crippen LogP contribution in [-0.4, -0.2) is 56.6 Å². The lowest BCUT2D eigenvalue weighted by Gasteiger charge is -2.31. The molecule has 0 aromatic heterocycles. The number of sulfonamides is 1. The van der Waals surface area contributed by atoms with Gasteiger partial charge in [0, 0.05) is 18.7 Å². The molecule has 0 saturated carbocycles. The van der Waals surface area contributed by atoms with Crippen LogP contribution in [0.15, 0.2) is 18.2 Å². The van der Waals surface area contributed by atoms with Gasteiger partial charge in [-0.15, -0.1) is 0 Å². The van der Waals surface area contributed by atoms with Crippen LogP contribution in [0.25, 0.3) is 0 Å². The van der Waals surface area contributed by atoms with E-state index in [0.717, 1.165) is 0 Å². The molecule has 8 nitrogen and oxygen atoms in total. The van der Waals surface area contributed by atoms with Gasteiger partial charge in [0.15, 0.2) is 0 Å². The second-order valence-electron chi connectivity index (χ2n) is 8.19. The molecule has 164 valence electrons. The highest BCUT2D eigenvalue weighted by Crippen LogP contribution is 2.39. The number of nitrogens with zero attached hydrogens (tertiary/aromatic N) is 2. The minimum atomic E-state index is -3.89. The third kappa shape index (κ3) is 4.18. The average Bonchev–Trinajstić information content (AvgIpc) is 2.84.